The number of aliphatic hydroxyl groups excluding tert-OH is 2. The summed E-state index contributed by atoms with van der Waals surface area (Å²) in [4.78, 5) is 4.39. The Morgan fingerprint density at radius 2 is 1.47 bits per heavy atom. The maximum atomic E-state index is 10.8. The first-order valence-electron chi connectivity index (χ1n) is 12.4. The maximum Gasteiger partial charge on any atom is 0.141 e. The zero-order chi connectivity index (χ0) is 23.6. The molecule has 2 aromatic carbocycles. The van der Waals surface area contributed by atoms with Crippen molar-refractivity contribution in [2.45, 2.75) is 78.4 Å². The second-order valence-electron chi connectivity index (χ2n) is 11.3. The third-order valence-corrected chi connectivity index (χ3v) is 7.90. The Kier molecular flexibility index (Phi) is 8.79. The van der Waals surface area contributed by atoms with Crippen molar-refractivity contribution in [3.8, 4) is 11.5 Å². The number of aromatic nitrogens is 1. The third kappa shape index (κ3) is 5.82. The van der Waals surface area contributed by atoms with E-state index in [4.69, 9.17) is 4.42 Å². The van der Waals surface area contributed by atoms with Crippen LogP contribution in [0.2, 0.25) is 0 Å². The number of fused-ring (bicyclic) bond motifs is 2. The van der Waals surface area contributed by atoms with Crippen LogP contribution in [-0.4, -0.2) is 27.4 Å². The molecular formula is C29H38IrNO3-. The van der Waals surface area contributed by atoms with Crippen LogP contribution in [-0.2, 0) is 20.1 Å². The van der Waals surface area contributed by atoms with E-state index in [-0.39, 0.29) is 49.1 Å². The van der Waals surface area contributed by atoms with Crippen molar-refractivity contribution in [2.24, 2.45) is 22.7 Å². The molecule has 3 aromatic rings. The molecule has 2 atom stereocenters. The number of hydrogen-bond donors (Lipinski definition) is 2. The molecule has 1 radical (unpaired) electrons. The molecule has 4 nitrogen and oxygen atoms in total. The smallest absolute Gasteiger partial charge is 0.141 e. The zero-order valence-corrected chi connectivity index (χ0v) is 23.1. The summed E-state index contributed by atoms with van der Waals surface area (Å²) < 4.78 is 5.61. The normalized spacial score (nSPS) is 27.8. The molecule has 2 aliphatic carbocycles. The third-order valence-electron chi connectivity index (χ3n) is 7.90. The molecular weight excluding hydrogens is 603 g/mol. The molecule has 34 heavy (non-hydrogen) atoms. The van der Waals surface area contributed by atoms with Gasteiger partial charge in [-0.15, -0.1) is 30.3 Å². The van der Waals surface area contributed by atoms with Crippen molar-refractivity contribution in [3.05, 3.63) is 54.6 Å². The standard InChI is InChI=1S/C16H30O2.C13H8NO.Ir/c1-15(2)9-5-7-11-8-6-10-16(3,4)14(18)12(11)13(15)17;1-2-6-10(7-3-1)13-14-11-8-4-5-9-12(11)15-13;/h11-14,17-18H,5-10H2,1-4H3;1-6,8-9H;/q;-1;. The van der Waals surface area contributed by atoms with Gasteiger partial charge in [0.15, 0.2) is 0 Å². The van der Waals surface area contributed by atoms with Crippen molar-refractivity contribution < 1.29 is 34.7 Å². The SMILES string of the molecule is CC1(C)CCCC2CCCC(C)(C)C(O)C2C1O.[Ir].[c-]1ccccc1-c1nc2ccccc2o1. The predicted octanol–water partition coefficient (Wildman–Crippen LogP) is 6.65. The van der Waals surface area contributed by atoms with Crippen molar-refractivity contribution in [3.63, 3.8) is 0 Å². The van der Waals surface area contributed by atoms with Gasteiger partial charge in [-0.05, 0) is 54.6 Å². The molecule has 0 aliphatic heterocycles. The first kappa shape index (κ1) is 27.1. The number of para-hydroxylation sites is 2. The molecule has 0 amide bonds. The van der Waals surface area contributed by atoms with Crippen LogP contribution in [0.4, 0.5) is 0 Å². The Morgan fingerprint density at radius 1 is 0.882 bits per heavy atom. The molecule has 5 heteroatoms. The van der Waals surface area contributed by atoms with E-state index in [1.165, 1.54) is 25.7 Å². The van der Waals surface area contributed by atoms with Gasteiger partial charge in [0, 0.05) is 26.0 Å². The minimum absolute atomic E-state index is 0. The first-order chi connectivity index (χ1) is 15.7. The van der Waals surface area contributed by atoms with Gasteiger partial charge < -0.3 is 14.6 Å². The summed E-state index contributed by atoms with van der Waals surface area (Å²) in [6.07, 6.45) is 6.17. The largest absolute Gasteiger partial charge is 0.481 e. The molecule has 187 valence electrons. The van der Waals surface area contributed by atoms with E-state index in [0.29, 0.717) is 11.8 Å². The molecule has 2 unspecified atom stereocenters. The van der Waals surface area contributed by atoms with Gasteiger partial charge in [-0.2, -0.15) is 0 Å². The summed E-state index contributed by atoms with van der Waals surface area (Å²) in [5, 5.41) is 21.6. The van der Waals surface area contributed by atoms with E-state index < -0.39 is 0 Å². The molecule has 1 aromatic heterocycles. The van der Waals surface area contributed by atoms with Gasteiger partial charge in [0.1, 0.15) is 11.5 Å². The second-order valence-corrected chi connectivity index (χ2v) is 11.3. The zero-order valence-electron chi connectivity index (χ0n) is 20.8. The van der Waals surface area contributed by atoms with Crippen LogP contribution < -0.4 is 0 Å². The van der Waals surface area contributed by atoms with Gasteiger partial charge in [-0.3, -0.25) is 4.98 Å². The van der Waals surface area contributed by atoms with Gasteiger partial charge in [-0.1, -0.05) is 58.2 Å². The van der Waals surface area contributed by atoms with Crippen LogP contribution in [0, 0.1) is 28.7 Å². The number of benzene rings is 2. The van der Waals surface area contributed by atoms with Crippen LogP contribution in [0.25, 0.3) is 22.6 Å². The fourth-order valence-electron chi connectivity index (χ4n) is 5.71. The maximum absolute atomic E-state index is 10.8. The minimum atomic E-state index is -0.364. The average Bonchev–Trinajstić information content (AvgIpc) is 3.15. The number of hydrogen-bond acceptors (Lipinski definition) is 4. The molecule has 0 spiro atoms. The number of rotatable bonds is 1. The van der Waals surface area contributed by atoms with Gasteiger partial charge in [0.25, 0.3) is 0 Å². The summed E-state index contributed by atoms with van der Waals surface area (Å²) in [5.41, 5.74) is 2.46. The predicted molar refractivity (Wildman–Crippen MR) is 133 cm³/mol. The molecule has 2 fully saturated rings. The summed E-state index contributed by atoms with van der Waals surface area (Å²) in [5.74, 6) is 1.20. The molecule has 0 bridgehead atoms. The van der Waals surface area contributed by atoms with E-state index >= 15 is 0 Å². The van der Waals surface area contributed by atoms with Crippen LogP contribution in [0.15, 0.2) is 52.9 Å². The van der Waals surface area contributed by atoms with E-state index in [0.717, 1.165) is 29.5 Å². The number of aliphatic hydroxyl groups is 2. The monoisotopic (exact) mass is 641 g/mol. The Hall–Kier alpha value is -1.52. The molecule has 5 rings (SSSR count). The van der Waals surface area contributed by atoms with Gasteiger partial charge in [-0.25, -0.2) is 0 Å². The summed E-state index contributed by atoms with van der Waals surface area (Å²) >= 11 is 0. The van der Waals surface area contributed by atoms with Crippen LogP contribution in [0.3, 0.4) is 0 Å². The Bertz CT molecular complexity index is 985. The van der Waals surface area contributed by atoms with Gasteiger partial charge >= 0.3 is 0 Å². The van der Waals surface area contributed by atoms with Crippen molar-refractivity contribution in [1.82, 2.24) is 4.98 Å². The van der Waals surface area contributed by atoms with Gasteiger partial charge in [0.2, 0.25) is 0 Å². The molecule has 2 N–H and O–H groups in total. The molecule has 2 saturated carbocycles. The minimum Gasteiger partial charge on any atom is -0.481 e. The topological polar surface area (TPSA) is 66.5 Å². The molecule has 0 saturated heterocycles. The van der Waals surface area contributed by atoms with E-state index in [1.54, 1.807) is 0 Å². The van der Waals surface area contributed by atoms with Crippen LogP contribution >= 0.6 is 0 Å². The average molecular weight is 641 g/mol. The van der Waals surface area contributed by atoms with E-state index in [9.17, 15) is 10.2 Å². The van der Waals surface area contributed by atoms with Gasteiger partial charge in [0.05, 0.1) is 17.7 Å². The quantitative estimate of drug-likeness (QED) is 0.293. The van der Waals surface area contributed by atoms with Crippen molar-refractivity contribution >= 4 is 11.1 Å². The summed E-state index contributed by atoms with van der Waals surface area (Å²) in [6, 6.07) is 18.5. The Morgan fingerprint density at radius 3 is 2.03 bits per heavy atom. The molecule has 1 heterocycles. The Labute approximate surface area is 217 Å². The first-order valence-corrected chi connectivity index (χ1v) is 12.4. The van der Waals surface area contributed by atoms with E-state index in [2.05, 4.69) is 38.7 Å². The summed E-state index contributed by atoms with van der Waals surface area (Å²) in [6.45, 7) is 8.63. The van der Waals surface area contributed by atoms with Crippen LogP contribution in [0.1, 0.15) is 66.2 Å². The van der Waals surface area contributed by atoms with Crippen molar-refractivity contribution in [1.29, 1.82) is 0 Å². The van der Waals surface area contributed by atoms with E-state index in [1.807, 2.05) is 48.5 Å². The number of oxazole rings is 1. The van der Waals surface area contributed by atoms with Crippen molar-refractivity contribution in [2.75, 3.05) is 0 Å². The fraction of sp³-hybridized carbons (Fsp3) is 0.552. The summed E-state index contributed by atoms with van der Waals surface area (Å²) in [7, 11) is 0. The molecule has 2 aliphatic rings. The second kappa shape index (κ2) is 11.0. The van der Waals surface area contributed by atoms with Crippen LogP contribution in [0.5, 0.6) is 0 Å². The Balaban J connectivity index is 0.000000187. The fourth-order valence-corrected chi connectivity index (χ4v) is 5.71. The number of nitrogens with zero attached hydrogens (tertiary/aromatic N) is 1.